The van der Waals surface area contributed by atoms with E-state index in [1.807, 2.05) is 31.2 Å². The van der Waals surface area contributed by atoms with E-state index in [-0.39, 0.29) is 5.78 Å². The minimum absolute atomic E-state index is 0.127. The van der Waals surface area contributed by atoms with Crippen molar-refractivity contribution in [3.63, 3.8) is 0 Å². The standard InChI is InChI=1S/C15H21NO3/c1-2-14(17)13-5-3-4-6-15(13)19-12-9-16-7-10-18-11-8-16/h3-6H,2,7-12H2,1H3. The zero-order chi connectivity index (χ0) is 13.5. The lowest BCUT2D eigenvalue weighted by Crippen LogP contribution is -2.38. The molecule has 1 aliphatic rings. The van der Waals surface area contributed by atoms with Crippen molar-refractivity contribution in [3.05, 3.63) is 29.8 Å². The molecule has 1 fully saturated rings. The van der Waals surface area contributed by atoms with Crippen molar-refractivity contribution in [2.24, 2.45) is 0 Å². The van der Waals surface area contributed by atoms with Crippen molar-refractivity contribution in [2.45, 2.75) is 13.3 Å². The van der Waals surface area contributed by atoms with Crippen LogP contribution in [-0.2, 0) is 4.74 Å². The average molecular weight is 263 g/mol. The molecule has 0 atom stereocenters. The molecule has 1 saturated heterocycles. The Kier molecular flexibility index (Phi) is 5.36. The molecule has 0 aliphatic carbocycles. The van der Waals surface area contributed by atoms with E-state index in [9.17, 15) is 4.79 Å². The third-order valence-corrected chi connectivity index (χ3v) is 3.28. The molecule has 0 spiro atoms. The van der Waals surface area contributed by atoms with Gasteiger partial charge in [0.15, 0.2) is 5.78 Å². The number of morpholine rings is 1. The second kappa shape index (κ2) is 7.26. The van der Waals surface area contributed by atoms with Gasteiger partial charge in [0.05, 0.1) is 18.8 Å². The summed E-state index contributed by atoms with van der Waals surface area (Å²) in [6, 6.07) is 7.46. The van der Waals surface area contributed by atoms with Gasteiger partial charge in [-0.3, -0.25) is 9.69 Å². The van der Waals surface area contributed by atoms with Gasteiger partial charge in [0.2, 0.25) is 0 Å². The van der Waals surface area contributed by atoms with Gasteiger partial charge < -0.3 is 9.47 Å². The number of ketones is 1. The zero-order valence-corrected chi connectivity index (χ0v) is 11.4. The van der Waals surface area contributed by atoms with Gasteiger partial charge in [-0.05, 0) is 12.1 Å². The lowest BCUT2D eigenvalue weighted by Gasteiger charge is -2.26. The maximum absolute atomic E-state index is 11.8. The molecule has 4 nitrogen and oxygen atoms in total. The lowest BCUT2D eigenvalue weighted by atomic mass is 10.1. The SMILES string of the molecule is CCC(=O)c1ccccc1OCCN1CCOCC1. The number of benzene rings is 1. The smallest absolute Gasteiger partial charge is 0.166 e. The Morgan fingerprint density at radius 3 is 2.79 bits per heavy atom. The number of carbonyl (C=O) groups excluding carboxylic acids is 1. The number of rotatable bonds is 6. The van der Waals surface area contributed by atoms with E-state index < -0.39 is 0 Å². The van der Waals surface area contributed by atoms with Crippen molar-refractivity contribution in [2.75, 3.05) is 39.5 Å². The highest BCUT2D eigenvalue weighted by atomic mass is 16.5. The molecular weight excluding hydrogens is 242 g/mol. The van der Waals surface area contributed by atoms with Crippen LogP contribution >= 0.6 is 0 Å². The highest BCUT2D eigenvalue weighted by Gasteiger charge is 2.12. The largest absolute Gasteiger partial charge is 0.491 e. The summed E-state index contributed by atoms with van der Waals surface area (Å²) in [5.74, 6) is 0.824. The number of carbonyl (C=O) groups is 1. The zero-order valence-electron chi connectivity index (χ0n) is 11.4. The van der Waals surface area contributed by atoms with Gasteiger partial charge in [-0.15, -0.1) is 0 Å². The second-order valence-corrected chi connectivity index (χ2v) is 4.58. The summed E-state index contributed by atoms with van der Waals surface area (Å²) in [7, 11) is 0. The number of ether oxygens (including phenoxy) is 2. The van der Waals surface area contributed by atoms with Crippen LogP contribution in [0, 0.1) is 0 Å². The first-order valence-electron chi connectivity index (χ1n) is 6.86. The van der Waals surface area contributed by atoms with E-state index in [0.29, 0.717) is 24.3 Å². The predicted octanol–water partition coefficient (Wildman–Crippen LogP) is 1.99. The lowest BCUT2D eigenvalue weighted by molar-refractivity contribution is 0.0322. The van der Waals surface area contributed by atoms with E-state index in [2.05, 4.69) is 4.90 Å². The highest BCUT2D eigenvalue weighted by Crippen LogP contribution is 2.19. The molecule has 0 bridgehead atoms. The number of nitrogens with zero attached hydrogens (tertiary/aromatic N) is 1. The molecule has 1 heterocycles. The maximum Gasteiger partial charge on any atom is 0.166 e. The molecule has 0 aromatic heterocycles. The van der Waals surface area contributed by atoms with Crippen LogP contribution in [0.5, 0.6) is 5.75 Å². The molecule has 19 heavy (non-hydrogen) atoms. The van der Waals surface area contributed by atoms with E-state index in [1.165, 1.54) is 0 Å². The van der Waals surface area contributed by atoms with E-state index in [4.69, 9.17) is 9.47 Å². The van der Waals surface area contributed by atoms with Gasteiger partial charge >= 0.3 is 0 Å². The van der Waals surface area contributed by atoms with Crippen molar-refractivity contribution in [3.8, 4) is 5.75 Å². The van der Waals surface area contributed by atoms with Gasteiger partial charge in [0.25, 0.3) is 0 Å². The Hall–Kier alpha value is -1.39. The molecule has 0 amide bonds. The van der Waals surface area contributed by atoms with Crippen LogP contribution < -0.4 is 4.74 Å². The molecule has 4 heteroatoms. The Morgan fingerprint density at radius 2 is 2.05 bits per heavy atom. The quantitative estimate of drug-likeness (QED) is 0.736. The van der Waals surface area contributed by atoms with E-state index >= 15 is 0 Å². The summed E-state index contributed by atoms with van der Waals surface area (Å²) in [6.45, 7) is 6.85. The summed E-state index contributed by atoms with van der Waals surface area (Å²) in [4.78, 5) is 14.1. The molecule has 1 aliphatic heterocycles. The summed E-state index contributed by atoms with van der Waals surface area (Å²) in [5.41, 5.74) is 0.687. The molecule has 0 N–H and O–H groups in total. The van der Waals surface area contributed by atoms with E-state index in [0.717, 1.165) is 32.8 Å². The Bertz CT molecular complexity index is 414. The van der Waals surface area contributed by atoms with Crippen molar-refractivity contribution >= 4 is 5.78 Å². The molecule has 1 aromatic carbocycles. The monoisotopic (exact) mass is 263 g/mol. The van der Waals surface area contributed by atoms with Crippen LogP contribution in [0.4, 0.5) is 0 Å². The molecule has 1 aromatic rings. The minimum atomic E-state index is 0.127. The van der Waals surface area contributed by atoms with Gasteiger partial charge in [0.1, 0.15) is 12.4 Å². The highest BCUT2D eigenvalue weighted by molar-refractivity contribution is 5.98. The Balaban J connectivity index is 1.86. The maximum atomic E-state index is 11.8. The average Bonchev–Trinajstić information content (AvgIpc) is 2.48. The van der Waals surface area contributed by atoms with Crippen LogP contribution in [0.1, 0.15) is 23.7 Å². The Morgan fingerprint density at radius 1 is 1.32 bits per heavy atom. The van der Waals surface area contributed by atoms with Crippen molar-refractivity contribution in [1.29, 1.82) is 0 Å². The van der Waals surface area contributed by atoms with Crippen LogP contribution in [0.25, 0.3) is 0 Å². The van der Waals surface area contributed by atoms with Gasteiger partial charge in [-0.2, -0.15) is 0 Å². The van der Waals surface area contributed by atoms with Crippen LogP contribution in [-0.4, -0.2) is 50.1 Å². The van der Waals surface area contributed by atoms with Crippen molar-refractivity contribution < 1.29 is 14.3 Å². The molecule has 0 radical (unpaired) electrons. The van der Waals surface area contributed by atoms with Gasteiger partial charge in [-0.1, -0.05) is 19.1 Å². The predicted molar refractivity (Wildman–Crippen MR) is 73.8 cm³/mol. The summed E-state index contributed by atoms with van der Waals surface area (Å²) < 4.78 is 11.1. The Labute approximate surface area is 114 Å². The van der Waals surface area contributed by atoms with Crippen LogP contribution in [0.2, 0.25) is 0 Å². The molecule has 2 rings (SSSR count). The number of Topliss-reactive ketones (excluding diaryl/α,β-unsaturated/α-hetero) is 1. The van der Waals surface area contributed by atoms with E-state index in [1.54, 1.807) is 0 Å². The number of para-hydroxylation sites is 1. The summed E-state index contributed by atoms with van der Waals surface area (Å²) >= 11 is 0. The first-order chi connectivity index (χ1) is 9.31. The second-order valence-electron chi connectivity index (χ2n) is 4.58. The van der Waals surface area contributed by atoms with Crippen molar-refractivity contribution in [1.82, 2.24) is 4.90 Å². The molecule has 0 unspecified atom stereocenters. The summed E-state index contributed by atoms with van der Waals surface area (Å²) in [5, 5.41) is 0. The minimum Gasteiger partial charge on any atom is -0.491 e. The third kappa shape index (κ3) is 4.04. The normalized spacial score (nSPS) is 16.3. The third-order valence-electron chi connectivity index (χ3n) is 3.28. The molecule has 104 valence electrons. The number of hydrogen-bond donors (Lipinski definition) is 0. The van der Waals surface area contributed by atoms with Crippen LogP contribution in [0.3, 0.4) is 0 Å². The topological polar surface area (TPSA) is 38.8 Å². The first kappa shape index (κ1) is 14.0. The van der Waals surface area contributed by atoms with Gasteiger partial charge in [0, 0.05) is 26.1 Å². The fourth-order valence-electron chi connectivity index (χ4n) is 2.12. The first-order valence-corrected chi connectivity index (χ1v) is 6.86. The fraction of sp³-hybridized carbons (Fsp3) is 0.533. The van der Waals surface area contributed by atoms with Gasteiger partial charge in [-0.25, -0.2) is 0 Å². The number of hydrogen-bond acceptors (Lipinski definition) is 4. The fourth-order valence-corrected chi connectivity index (χ4v) is 2.12. The summed E-state index contributed by atoms with van der Waals surface area (Å²) in [6.07, 6.45) is 0.504. The molecule has 0 saturated carbocycles. The molecular formula is C15H21NO3. The van der Waals surface area contributed by atoms with Crippen LogP contribution in [0.15, 0.2) is 24.3 Å².